The van der Waals surface area contributed by atoms with Crippen LogP contribution in [0.2, 0.25) is 0 Å². The van der Waals surface area contributed by atoms with Crippen LogP contribution in [0.3, 0.4) is 0 Å². The van der Waals surface area contributed by atoms with Crippen LogP contribution in [0, 0.1) is 17.1 Å². The van der Waals surface area contributed by atoms with E-state index in [1.165, 1.54) is 6.07 Å². The van der Waals surface area contributed by atoms with Crippen molar-refractivity contribution < 1.29 is 9.18 Å². The van der Waals surface area contributed by atoms with Gasteiger partial charge < -0.3 is 4.90 Å². The average molecular weight is 275 g/mol. The maximum absolute atomic E-state index is 14.0. The molecular weight excluding hydrogens is 257 g/mol. The van der Waals surface area contributed by atoms with E-state index in [0.29, 0.717) is 18.7 Å². The molecule has 0 aromatic heterocycles. The van der Waals surface area contributed by atoms with Crippen LogP contribution in [-0.2, 0) is 11.3 Å². The lowest BCUT2D eigenvalue weighted by atomic mass is 10.1. The van der Waals surface area contributed by atoms with Crippen molar-refractivity contribution in [3.05, 3.63) is 35.1 Å². The maximum atomic E-state index is 14.0. The van der Waals surface area contributed by atoms with E-state index >= 15 is 0 Å². The number of carbonyl (C=O) groups is 1. The van der Waals surface area contributed by atoms with Gasteiger partial charge in [0, 0.05) is 45.2 Å². The zero-order chi connectivity index (χ0) is 14.5. The molecule has 0 saturated carbocycles. The van der Waals surface area contributed by atoms with E-state index in [1.54, 1.807) is 19.1 Å². The molecule has 0 atom stereocenters. The van der Waals surface area contributed by atoms with E-state index in [4.69, 9.17) is 5.26 Å². The molecule has 0 spiro atoms. The minimum absolute atomic E-state index is 0.0858. The van der Waals surface area contributed by atoms with Crippen LogP contribution in [0.15, 0.2) is 18.2 Å². The third-order valence-electron chi connectivity index (χ3n) is 3.63. The summed E-state index contributed by atoms with van der Waals surface area (Å²) in [6, 6.07) is 6.76. The Hall–Kier alpha value is -1.93. The second-order valence-electron chi connectivity index (χ2n) is 5.03. The number of nitrogens with zero attached hydrogens (tertiary/aromatic N) is 3. The van der Waals surface area contributed by atoms with Crippen LogP contribution in [0.4, 0.5) is 4.39 Å². The van der Waals surface area contributed by atoms with E-state index < -0.39 is 5.82 Å². The van der Waals surface area contributed by atoms with E-state index in [1.807, 2.05) is 11.0 Å². The van der Waals surface area contributed by atoms with Crippen LogP contribution < -0.4 is 0 Å². The van der Waals surface area contributed by atoms with Gasteiger partial charge in [-0.05, 0) is 12.5 Å². The largest absolute Gasteiger partial charge is 0.342 e. The van der Waals surface area contributed by atoms with E-state index in [0.717, 1.165) is 26.1 Å². The highest BCUT2D eigenvalue weighted by molar-refractivity contribution is 5.73. The van der Waals surface area contributed by atoms with Crippen LogP contribution >= 0.6 is 0 Å². The zero-order valence-corrected chi connectivity index (χ0v) is 11.6. The third kappa shape index (κ3) is 3.34. The predicted molar refractivity (Wildman–Crippen MR) is 73.3 cm³/mol. The number of nitriles is 1. The fourth-order valence-electron chi connectivity index (χ4n) is 2.47. The minimum atomic E-state index is -0.428. The first-order valence-corrected chi connectivity index (χ1v) is 6.77. The molecule has 1 amide bonds. The van der Waals surface area contributed by atoms with Gasteiger partial charge in [-0.3, -0.25) is 9.69 Å². The van der Waals surface area contributed by atoms with Crippen LogP contribution in [-0.4, -0.2) is 41.9 Å². The highest BCUT2D eigenvalue weighted by atomic mass is 19.1. The van der Waals surface area contributed by atoms with Crippen molar-refractivity contribution >= 4 is 5.91 Å². The fraction of sp³-hybridized carbons (Fsp3) is 0.467. The van der Waals surface area contributed by atoms with Gasteiger partial charge in [0.2, 0.25) is 5.91 Å². The molecule has 2 rings (SSSR count). The summed E-state index contributed by atoms with van der Waals surface area (Å²) in [4.78, 5) is 15.3. The second kappa shape index (κ2) is 6.49. The Kier molecular flexibility index (Phi) is 4.70. The molecule has 1 heterocycles. The first-order valence-electron chi connectivity index (χ1n) is 6.77. The lowest BCUT2D eigenvalue weighted by molar-refractivity contribution is -0.128. The molecule has 1 fully saturated rings. The van der Waals surface area contributed by atoms with Crippen molar-refractivity contribution in [1.29, 1.82) is 5.26 Å². The molecule has 5 heteroatoms. The van der Waals surface area contributed by atoms with E-state index in [9.17, 15) is 9.18 Å². The predicted octanol–water partition coefficient (Wildman–Crippen LogP) is 1.75. The summed E-state index contributed by atoms with van der Waals surface area (Å²) in [7, 11) is 0. The Morgan fingerprint density at radius 2 is 2.15 bits per heavy atom. The van der Waals surface area contributed by atoms with E-state index in [2.05, 4.69) is 4.90 Å². The molecule has 0 unspecified atom stereocenters. The van der Waals surface area contributed by atoms with Gasteiger partial charge in [-0.25, -0.2) is 4.39 Å². The Morgan fingerprint density at radius 1 is 1.35 bits per heavy atom. The number of hydrogen-bond donors (Lipinski definition) is 0. The Balaban J connectivity index is 2.04. The number of amides is 1. The van der Waals surface area contributed by atoms with Crippen molar-refractivity contribution in [3.8, 4) is 6.07 Å². The van der Waals surface area contributed by atoms with Gasteiger partial charge in [0.25, 0.3) is 0 Å². The molecule has 1 aromatic rings. The average Bonchev–Trinajstić information content (AvgIpc) is 2.67. The molecule has 1 aromatic carbocycles. The molecule has 1 saturated heterocycles. The molecule has 0 N–H and O–H groups in total. The highest BCUT2D eigenvalue weighted by Crippen LogP contribution is 2.15. The number of hydrogen-bond acceptors (Lipinski definition) is 3. The van der Waals surface area contributed by atoms with Gasteiger partial charge in [0.1, 0.15) is 11.9 Å². The van der Waals surface area contributed by atoms with Crippen molar-refractivity contribution in [1.82, 2.24) is 9.80 Å². The van der Waals surface area contributed by atoms with Crippen LogP contribution in [0.1, 0.15) is 24.5 Å². The molecule has 4 nitrogen and oxygen atoms in total. The number of carbonyl (C=O) groups excluding carboxylic acids is 1. The SMILES string of the molecule is CC(=O)N1CCCN(Cc2cccc(C#N)c2F)CC1. The van der Waals surface area contributed by atoms with Crippen molar-refractivity contribution in [2.45, 2.75) is 19.9 Å². The van der Waals surface area contributed by atoms with Crippen molar-refractivity contribution in [3.63, 3.8) is 0 Å². The molecule has 106 valence electrons. The zero-order valence-electron chi connectivity index (χ0n) is 11.6. The molecule has 1 aliphatic heterocycles. The Labute approximate surface area is 118 Å². The standard InChI is InChI=1S/C15H18FN3O/c1-12(20)19-7-3-6-18(8-9-19)11-14-5-2-4-13(10-17)15(14)16/h2,4-5H,3,6-9,11H2,1H3. The first-order chi connectivity index (χ1) is 9.61. The van der Waals surface area contributed by atoms with Gasteiger partial charge in [0.15, 0.2) is 0 Å². The monoisotopic (exact) mass is 275 g/mol. The summed E-state index contributed by atoms with van der Waals surface area (Å²) in [5.41, 5.74) is 0.628. The number of halogens is 1. The maximum Gasteiger partial charge on any atom is 0.219 e. The smallest absolute Gasteiger partial charge is 0.219 e. The normalized spacial score (nSPS) is 16.6. The van der Waals surface area contributed by atoms with Gasteiger partial charge in [-0.15, -0.1) is 0 Å². The molecule has 1 aliphatic rings. The van der Waals surface area contributed by atoms with Gasteiger partial charge in [0.05, 0.1) is 5.56 Å². The number of rotatable bonds is 2. The van der Waals surface area contributed by atoms with Crippen LogP contribution in [0.25, 0.3) is 0 Å². The summed E-state index contributed by atoms with van der Waals surface area (Å²) in [5, 5.41) is 8.84. The third-order valence-corrected chi connectivity index (χ3v) is 3.63. The lowest BCUT2D eigenvalue weighted by Gasteiger charge is -2.21. The molecule has 20 heavy (non-hydrogen) atoms. The van der Waals surface area contributed by atoms with Crippen LogP contribution in [0.5, 0.6) is 0 Å². The summed E-state index contributed by atoms with van der Waals surface area (Å²) >= 11 is 0. The second-order valence-corrected chi connectivity index (χ2v) is 5.03. The fourth-order valence-corrected chi connectivity index (χ4v) is 2.47. The summed E-state index contributed by atoms with van der Waals surface area (Å²) < 4.78 is 14.0. The quantitative estimate of drug-likeness (QED) is 0.826. The summed E-state index contributed by atoms with van der Waals surface area (Å²) in [5.74, 6) is -0.341. The van der Waals surface area contributed by atoms with Gasteiger partial charge in [-0.1, -0.05) is 12.1 Å². The Morgan fingerprint density at radius 3 is 2.85 bits per heavy atom. The molecular formula is C15H18FN3O. The van der Waals surface area contributed by atoms with Gasteiger partial charge >= 0.3 is 0 Å². The van der Waals surface area contributed by atoms with E-state index in [-0.39, 0.29) is 11.5 Å². The van der Waals surface area contributed by atoms with Gasteiger partial charge in [-0.2, -0.15) is 5.26 Å². The Bertz CT molecular complexity index is 538. The molecule has 0 radical (unpaired) electrons. The van der Waals surface area contributed by atoms with Crippen molar-refractivity contribution in [2.75, 3.05) is 26.2 Å². The topological polar surface area (TPSA) is 47.3 Å². The first kappa shape index (κ1) is 14.5. The lowest BCUT2D eigenvalue weighted by Crippen LogP contribution is -2.33. The molecule has 0 aliphatic carbocycles. The van der Waals surface area contributed by atoms with Crippen molar-refractivity contribution in [2.24, 2.45) is 0 Å². The highest BCUT2D eigenvalue weighted by Gasteiger charge is 2.18. The summed E-state index contributed by atoms with van der Waals surface area (Å²) in [6.07, 6.45) is 0.888. The molecule has 0 bridgehead atoms. The number of benzene rings is 1. The summed E-state index contributed by atoms with van der Waals surface area (Å²) in [6.45, 7) is 5.05. The minimum Gasteiger partial charge on any atom is -0.342 e.